The smallest absolute Gasteiger partial charge is 0.231 e. The maximum Gasteiger partial charge on any atom is 0.231 e. The molecule has 0 saturated carbocycles. The van der Waals surface area contributed by atoms with Crippen LogP contribution >= 0.6 is 23.4 Å². The van der Waals surface area contributed by atoms with Gasteiger partial charge in [0.15, 0.2) is 5.17 Å². The average molecular weight is 324 g/mol. The van der Waals surface area contributed by atoms with Gasteiger partial charge in [0.05, 0.1) is 12.5 Å². The monoisotopic (exact) mass is 323 g/mol. The predicted molar refractivity (Wildman–Crippen MR) is 84.8 cm³/mol. The van der Waals surface area contributed by atoms with Crippen LogP contribution in [0.3, 0.4) is 0 Å². The van der Waals surface area contributed by atoms with Crippen LogP contribution in [-0.4, -0.2) is 35.8 Å². The van der Waals surface area contributed by atoms with Crippen LogP contribution < -0.4 is 10.2 Å². The van der Waals surface area contributed by atoms with Crippen molar-refractivity contribution in [1.29, 1.82) is 0 Å². The average Bonchev–Trinajstić information content (AvgIpc) is 3.08. The first-order valence-corrected chi connectivity index (χ1v) is 8.04. The number of carbonyl (C=O) groups is 2. The Hall–Kier alpha value is -1.53. The Kier molecular flexibility index (Phi) is 4.17. The number of nitrogens with zero attached hydrogens (tertiary/aromatic N) is 2. The standard InChI is InChI=1S/C14H14ClN3O2S/c15-10-2-1-3-11(7-10)18-8-9(6-12(18)19)13(20)17-14-16-4-5-21-14/h1-3,7,9H,4-6,8H2,(H,16,17,20)/t9-/m0/s1. The highest BCUT2D eigenvalue weighted by atomic mass is 35.5. The molecule has 0 spiro atoms. The highest BCUT2D eigenvalue weighted by molar-refractivity contribution is 8.14. The number of nitrogens with one attached hydrogen (secondary N) is 1. The lowest BCUT2D eigenvalue weighted by molar-refractivity contribution is -0.125. The fourth-order valence-corrected chi connectivity index (χ4v) is 3.31. The van der Waals surface area contributed by atoms with E-state index in [1.54, 1.807) is 23.1 Å². The predicted octanol–water partition coefficient (Wildman–Crippen LogP) is 1.91. The molecule has 2 heterocycles. The van der Waals surface area contributed by atoms with Crippen molar-refractivity contribution in [3.8, 4) is 0 Å². The Morgan fingerprint density at radius 3 is 3.05 bits per heavy atom. The second kappa shape index (κ2) is 6.07. The van der Waals surface area contributed by atoms with E-state index in [0.29, 0.717) is 16.7 Å². The first-order chi connectivity index (χ1) is 10.1. The first kappa shape index (κ1) is 14.4. The number of carbonyl (C=O) groups excluding carboxylic acids is 2. The van der Waals surface area contributed by atoms with Crippen molar-refractivity contribution in [2.45, 2.75) is 6.42 Å². The van der Waals surface area contributed by atoms with Crippen LogP contribution in [0, 0.1) is 5.92 Å². The number of aliphatic imine (C=N–C) groups is 1. The molecule has 1 saturated heterocycles. The van der Waals surface area contributed by atoms with Crippen LogP contribution in [0.4, 0.5) is 5.69 Å². The summed E-state index contributed by atoms with van der Waals surface area (Å²) in [6.45, 7) is 1.11. The lowest BCUT2D eigenvalue weighted by atomic mass is 10.1. The van der Waals surface area contributed by atoms with Crippen LogP contribution in [0.2, 0.25) is 5.02 Å². The van der Waals surface area contributed by atoms with Gasteiger partial charge in [-0.05, 0) is 18.2 Å². The van der Waals surface area contributed by atoms with Crippen molar-refractivity contribution in [2.24, 2.45) is 10.9 Å². The van der Waals surface area contributed by atoms with Crippen LogP contribution in [0.25, 0.3) is 0 Å². The van der Waals surface area contributed by atoms with E-state index in [9.17, 15) is 9.59 Å². The maximum atomic E-state index is 12.2. The van der Waals surface area contributed by atoms with Gasteiger partial charge in [-0.1, -0.05) is 29.4 Å². The molecule has 5 nitrogen and oxygen atoms in total. The molecule has 0 unspecified atom stereocenters. The molecule has 2 amide bonds. The Balaban J connectivity index is 1.68. The van der Waals surface area contributed by atoms with Gasteiger partial charge in [-0.2, -0.15) is 0 Å². The van der Waals surface area contributed by atoms with Crippen molar-refractivity contribution in [1.82, 2.24) is 5.32 Å². The Bertz CT molecular complexity index is 620. The summed E-state index contributed by atoms with van der Waals surface area (Å²) in [6.07, 6.45) is 0.219. The molecular formula is C14H14ClN3O2S. The zero-order valence-corrected chi connectivity index (χ0v) is 12.8. The van der Waals surface area contributed by atoms with E-state index >= 15 is 0 Å². The van der Waals surface area contributed by atoms with E-state index in [1.165, 1.54) is 11.8 Å². The molecule has 2 aliphatic rings. The molecule has 1 N–H and O–H groups in total. The van der Waals surface area contributed by atoms with E-state index in [2.05, 4.69) is 10.3 Å². The minimum atomic E-state index is -0.347. The fraction of sp³-hybridized carbons (Fsp3) is 0.357. The molecule has 1 aromatic carbocycles. The zero-order valence-electron chi connectivity index (χ0n) is 11.2. The number of anilines is 1. The fourth-order valence-electron chi connectivity index (χ4n) is 2.39. The maximum absolute atomic E-state index is 12.2. The minimum Gasteiger partial charge on any atom is -0.312 e. The summed E-state index contributed by atoms with van der Waals surface area (Å²) < 4.78 is 0. The van der Waals surface area contributed by atoms with Crippen LogP contribution in [0.1, 0.15) is 6.42 Å². The van der Waals surface area contributed by atoms with Gasteiger partial charge in [0.2, 0.25) is 11.8 Å². The number of thioether (sulfide) groups is 1. The highest BCUT2D eigenvalue weighted by Gasteiger charge is 2.35. The van der Waals surface area contributed by atoms with Gasteiger partial charge >= 0.3 is 0 Å². The molecule has 0 aliphatic carbocycles. The number of hydrogen-bond donors (Lipinski definition) is 1. The molecule has 0 radical (unpaired) electrons. The summed E-state index contributed by atoms with van der Waals surface area (Å²) in [5.74, 6) is 0.355. The number of benzene rings is 1. The summed E-state index contributed by atoms with van der Waals surface area (Å²) in [7, 11) is 0. The molecule has 110 valence electrons. The van der Waals surface area contributed by atoms with Crippen LogP contribution in [-0.2, 0) is 9.59 Å². The number of amidine groups is 1. The second-order valence-corrected chi connectivity index (χ2v) is 6.43. The van der Waals surface area contributed by atoms with Gasteiger partial charge in [-0.25, -0.2) is 0 Å². The molecule has 0 aromatic heterocycles. The van der Waals surface area contributed by atoms with Gasteiger partial charge in [-0.15, -0.1) is 0 Å². The first-order valence-electron chi connectivity index (χ1n) is 6.67. The van der Waals surface area contributed by atoms with Gasteiger partial charge < -0.3 is 10.2 Å². The van der Waals surface area contributed by atoms with E-state index < -0.39 is 0 Å². The topological polar surface area (TPSA) is 61.8 Å². The summed E-state index contributed by atoms with van der Waals surface area (Å²) >= 11 is 7.48. The second-order valence-electron chi connectivity index (χ2n) is 4.91. The van der Waals surface area contributed by atoms with Crippen molar-refractivity contribution in [3.05, 3.63) is 29.3 Å². The summed E-state index contributed by atoms with van der Waals surface area (Å²) in [6, 6.07) is 7.10. The number of amides is 2. The molecule has 2 aliphatic heterocycles. The molecule has 0 bridgehead atoms. The van der Waals surface area contributed by atoms with Crippen molar-refractivity contribution < 1.29 is 9.59 Å². The van der Waals surface area contributed by atoms with E-state index in [0.717, 1.165) is 18.0 Å². The minimum absolute atomic E-state index is 0.0570. The van der Waals surface area contributed by atoms with Crippen LogP contribution in [0.5, 0.6) is 0 Å². The van der Waals surface area contributed by atoms with Crippen molar-refractivity contribution >= 4 is 46.0 Å². The Labute approximate surface area is 131 Å². The molecule has 7 heteroatoms. The molecule has 1 fully saturated rings. The third kappa shape index (κ3) is 3.22. The molecule has 3 rings (SSSR count). The van der Waals surface area contributed by atoms with E-state index in [-0.39, 0.29) is 24.2 Å². The highest BCUT2D eigenvalue weighted by Crippen LogP contribution is 2.27. The van der Waals surface area contributed by atoms with Crippen molar-refractivity contribution in [3.63, 3.8) is 0 Å². The van der Waals surface area contributed by atoms with E-state index in [1.807, 2.05) is 6.07 Å². The van der Waals surface area contributed by atoms with Gasteiger partial charge in [0.25, 0.3) is 0 Å². The molecular weight excluding hydrogens is 310 g/mol. The lowest BCUT2D eigenvalue weighted by Gasteiger charge is -2.16. The largest absolute Gasteiger partial charge is 0.312 e. The molecule has 21 heavy (non-hydrogen) atoms. The Morgan fingerprint density at radius 1 is 1.48 bits per heavy atom. The van der Waals surface area contributed by atoms with Crippen LogP contribution in [0.15, 0.2) is 29.3 Å². The molecule has 1 atom stereocenters. The lowest BCUT2D eigenvalue weighted by Crippen LogP contribution is -2.35. The van der Waals surface area contributed by atoms with Gasteiger partial charge in [0, 0.05) is 29.4 Å². The van der Waals surface area contributed by atoms with E-state index in [4.69, 9.17) is 11.6 Å². The normalized spacial score (nSPS) is 21.6. The number of hydrogen-bond acceptors (Lipinski definition) is 4. The molecule has 1 aromatic rings. The SMILES string of the molecule is O=C(NC1=NCCS1)[C@H]1CC(=O)N(c2cccc(Cl)c2)C1. The van der Waals surface area contributed by atoms with Gasteiger partial charge in [0.1, 0.15) is 0 Å². The summed E-state index contributed by atoms with van der Waals surface area (Å²) in [4.78, 5) is 30.1. The third-order valence-corrected chi connectivity index (χ3v) is 4.56. The third-order valence-electron chi connectivity index (χ3n) is 3.43. The van der Waals surface area contributed by atoms with Gasteiger partial charge in [-0.3, -0.25) is 14.6 Å². The van der Waals surface area contributed by atoms with Crippen molar-refractivity contribution in [2.75, 3.05) is 23.7 Å². The number of halogens is 1. The quantitative estimate of drug-likeness (QED) is 0.904. The zero-order chi connectivity index (χ0) is 14.8. The summed E-state index contributed by atoms with van der Waals surface area (Å²) in [5.41, 5.74) is 0.732. The summed E-state index contributed by atoms with van der Waals surface area (Å²) in [5, 5.41) is 4.03. The Morgan fingerprint density at radius 2 is 2.33 bits per heavy atom. The number of rotatable bonds is 2.